The number of hydrogen-bond donors (Lipinski definition) is 1. The molecule has 0 saturated carbocycles. The van der Waals surface area contributed by atoms with Gasteiger partial charge < -0.3 is 14.8 Å². The lowest BCUT2D eigenvalue weighted by molar-refractivity contribution is -0.122. The number of rotatable bonds is 6. The molecule has 0 unspecified atom stereocenters. The van der Waals surface area contributed by atoms with Crippen molar-refractivity contribution in [1.82, 2.24) is 9.97 Å². The van der Waals surface area contributed by atoms with E-state index in [2.05, 4.69) is 15.3 Å². The molecule has 6 nitrogen and oxygen atoms in total. The van der Waals surface area contributed by atoms with Crippen LogP contribution in [0.25, 0.3) is 0 Å². The third-order valence-corrected chi connectivity index (χ3v) is 3.36. The molecule has 0 aliphatic carbocycles. The van der Waals surface area contributed by atoms with Gasteiger partial charge >= 0.3 is 6.01 Å². The van der Waals surface area contributed by atoms with Crippen molar-refractivity contribution in [2.24, 2.45) is 0 Å². The molecule has 3 rings (SSSR count). The van der Waals surface area contributed by atoms with Gasteiger partial charge in [0.05, 0.1) is 18.1 Å². The van der Waals surface area contributed by atoms with E-state index in [0.717, 1.165) is 0 Å². The minimum atomic E-state index is -0.702. The van der Waals surface area contributed by atoms with Gasteiger partial charge in [0.15, 0.2) is 17.7 Å². The summed E-state index contributed by atoms with van der Waals surface area (Å²) in [6.07, 6.45) is 2.04. The van der Waals surface area contributed by atoms with Crippen LogP contribution in [0.3, 0.4) is 0 Å². The highest BCUT2D eigenvalue weighted by Gasteiger charge is 2.15. The van der Waals surface area contributed by atoms with E-state index in [0.29, 0.717) is 11.4 Å². The molecule has 7 heteroatoms. The fraction of sp³-hybridized carbons (Fsp3) is 0.105. The lowest BCUT2D eigenvalue weighted by Crippen LogP contribution is -2.30. The lowest BCUT2D eigenvalue weighted by atomic mass is 10.3. The van der Waals surface area contributed by atoms with Crippen molar-refractivity contribution in [2.75, 3.05) is 5.32 Å². The summed E-state index contributed by atoms with van der Waals surface area (Å²) in [6.45, 7) is 1.64. The molecule has 1 amide bonds. The third-order valence-electron chi connectivity index (χ3n) is 3.36. The molecule has 132 valence electrons. The topological polar surface area (TPSA) is 73.3 Å². The maximum absolute atomic E-state index is 13.5. The van der Waals surface area contributed by atoms with Gasteiger partial charge in [-0.15, -0.1) is 0 Å². The van der Waals surface area contributed by atoms with Crippen LogP contribution in [0.15, 0.2) is 67.0 Å². The molecule has 1 heterocycles. The highest BCUT2D eigenvalue weighted by molar-refractivity contribution is 5.93. The van der Waals surface area contributed by atoms with E-state index in [9.17, 15) is 9.18 Å². The Morgan fingerprint density at radius 1 is 1.04 bits per heavy atom. The van der Waals surface area contributed by atoms with Gasteiger partial charge in [0, 0.05) is 0 Å². The number of hydrogen-bond acceptors (Lipinski definition) is 5. The number of ether oxygens (including phenoxy) is 2. The molecule has 1 atom stereocenters. The number of amides is 1. The van der Waals surface area contributed by atoms with Gasteiger partial charge in [-0.1, -0.05) is 30.3 Å². The number of anilines is 1. The number of carbonyl (C=O) groups excluding carboxylic acids is 1. The Kier molecular flexibility index (Phi) is 5.38. The van der Waals surface area contributed by atoms with Crippen LogP contribution in [0.2, 0.25) is 0 Å². The van der Waals surface area contributed by atoms with E-state index in [1.54, 1.807) is 31.2 Å². The number of nitrogens with zero attached hydrogens (tertiary/aromatic N) is 2. The van der Waals surface area contributed by atoms with Gasteiger partial charge in [-0.3, -0.25) is 4.79 Å². The van der Waals surface area contributed by atoms with Crippen LogP contribution in [0, 0.1) is 5.82 Å². The van der Waals surface area contributed by atoms with E-state index in [4.69, 9.17) is 9.47 Å². The molecule has 1 aromatic heterocycles. The monoisotopic (exact) mass is 353 g/mol. The number of carbonyl (C=O) groups is 1. The zero-order valence-corrected chi connectivity index (χ0v) is 13.9. The Bertz CT molecular complexity index is 873. The Hall–Kier alpha value is -3.48. The number of aromatic nitrogens is 2. The molecule has 3 aromatic rings. The second kappa shape index (κ2) is 8.06. The molecule has 0 saturated heterocycles. The van der Waals surface area contributed by atoms with E-state index in [1.807, 2.05) is 18.2 Å². The van der Waals surface area contributed by atoms with Crippen molar-refractivity contribution in [1.29, 1.82) is 0 Å². The highest BCUT2D eigenvalue weighted by atomic mass is 19.1. The van der Waals surface area contributed by atoms with Crippen molar-refractivity contribution >= 4 is 11.6 Å². The van der Waals surface area contributed by atoms with Crippen LogP contribution in [0.5, 0.6) is 17.5 Å². The third kappa shape index (κ3) is 4.54. The van der Waals surface area contributed by atoms with E-state index < -0.39 is 11.9 Å². The number of halogens is 1. The summed E-state index contributed by atoms with van der Waals surface area (Å²) >= 11 is 0. The molecule has 1 N–H and O–H groups in total. The minimum Gasteiger partial charge on any atom is -0.481 e. The second-order valence-corrected chi connectivity index (χ2v) is 5.35. The van der Waals surface area contributed by atoms with Crippen LogP contribution in [-0.2, 0) is 4.79 Å². The zero-order valence-electron chi connectivity index (χ0n) is 13.9. The molecule has 0 aliphatic rings. The summed E-state index contributed by atoms with van der Waals surface area (Å²) < 4.78 is 24.3. The molecule has 0 spiro atoms. The summed E-state index contributed by atoms with van der Waals surface area (Å²) in [5.41, 5.74) is 0.374. The fourth-order valence-electron chi connectivity index (χ4n) is 2.06. The van der Waals surface area contributed by atoms with Gasteiger partial charge in [0.2, 0.25) is 0 Å². The average Bonchev–Trinajstić information content (AvgIpc) is 2.66. The Labute approximate surface area is 149 Å². The Balaban J connectivity index is 1.58. The summed E-state index contributed by atoms with van der Waals surface area (Å²) in [5, 5.41) is 2.65. The standard InChI is InChI=1S/C19H16FN3O3/c1-13(25-15-7-3-2-4-8-15)18(24)23-14-11-21-19(22-12-14)26-17-10-6-5-9-16(17)20/h2-13H,1H3,(H,23,24)/t13-/m0/s1. The smallest absolute Gasteiger partial charge is 0.322 e. The van der Waals surface area contributed by atoms with Crippen LogP contribution in [0.1, 0.15) is 6.92 Å². The first kappa shape index (κ1) is 17.3. The van der Waals surface area contributed by atoms with Gasteiger partial charge in [-0.2, -0.15) is 0 Å². The van der Waals surface area contributed by atoms with Gasteiger partial charge in [0.1, 0.15) is 5.75 Å². The van der Waals surface area contributed by atoms with E-state index in [1.165, 1.54) is 24.5 Å². The van der Waals surface area contributed by atoms with Crippen LogP contribution in [-0.4, -0.2) is 22.0 Å². The van der Waals surface area contributed by atoms with Crippen LogP contribution < -0.4 is 14.8 Å². The molecular formula is C19H16FN3O3. The zero-order chi connectivity index (χ0) is 18.4. The summed E-state index contributed by atoms with van der Waals surface area (Å²) in [4.78, 5) is 20.1. The lowest BCUT2D eigenvalue weighted by Gasteiger charge is -2.14. The first-order chi connectivity index (χ1) is 12.6. The fourth-order valence-corrected chi connectivity index (χ4v) is 2.06. The first-order valence-electron chi connectivity index (χ1n) is 7.89. The summed E-state index contributed by atoms with van der Waals surface area (Å²) in [7, 11) is 0. The average molecular weight is 353 g/mol. The maximum Gasteiger partial charge on any atom is 0.322 e. The van der Waals surface area contributed by atoms with Gasteiger partial charge in [-0.25, -0.2) is 14.4 Å². The van der Waals surface area contributed by atoms with Crippen molar-refractivity contribution in [2.45, 2.75) is 13.0 Å². The maximum atomic E-state index is 13.5. The van der Waals surface area contributed by atoms with Crippen molar-refractivity contribution in [3.05, 3.63) is 72.8 Å². The van der Waals surface area contributed by atoms with Gasteiger partial charge in [0.25, 0.3) is 5.91 Å². The first-order valence-corrected chi connectivity index (χ1v) is 7.89. The normalized spacial score (nSPS) is 11.5. The molecule has 0 bridgehead atoms. The molecule has 0 fully saturated rings. The highest BCUT2D eigenvalue weighted by Crippen LogP contribution is 2.21. The van der Waals surface area contributed by atoms with Crippen molar-refractivity contribution < 1.29 is 18.7 Å². The van der Waals surface area contributed by atoms with Crippen LogP contribution in [0.4, 0.5) is 10.1 Å². The van der Waals surface area contributed by atoms with Crippen molar-refractivity contribution in [3.8, 4) is 17.5 Å². The number of nitrogens with one attached hydrogen (secondary N) is 1. The van der Waals surface area contributed by atoms with Crippen LogP contribution >= 0.6 is 0 Å². The molecular weight excluding hydrogens is 337 g/mol. The summed E-state index contributed by atoms with van der Waals surface area (Å²) in [5.74, 6) is -0.241. The number of para-hydroxylation sites is 2. The van der Waals surface area contributed by atoms with E-state index >= 15 is 0 Å². The minimum absolute atomic E-state index is 0.0224. The quantitative estimate of drug-likeness (QED) is 0.729. The Morgan fingerprint density at radius 2 is 1.69 bits per heavy atom. The largest absolute Gasteiger partial charge is 0.481 e. The predicted molar refractivity (Wildman–Crippen MR) is 93.7 cm³/mol. The molecule has 0 aliphatic heterocycles. The SMILES string of the molecule is C[C@H](Oc1ccccc1)C(=O)Nc1cnc(Oc2ccccc2F)nc1. The molecule has 26 heavy (non-hydrogen) atoms. The number of benzene rings is 2. The predicted octanol–water partition coefficient (Wildman–Crippen LogP) is 3.81. The Morgan fingerprint density at radius 3 is 2.38 bits per heavy atom. The van der Waals surface area contributed by atoms with Gasteiger partial charge in [-0.05, 0) is 31.2 Å². The summed E-state index contributed by atoms with van der Waals surface area (Å²) in [6, 6.07) is 15.0. The molecule has 0 radical (unpaired) electrons. The molecule has 2 aromatic carbocycles. The van der Waals surface area contributed by atoms with Crippen molar-refractivity contribution in [3.63, 3.8) is 0 Å². The second-order valence-electron chi connectivity index (χ2n) is 5.35. The van der Waals surface area contributed by atoms with E-state index in [-0.39, 0.29) is 17.7 Å².